The van der Waals surface area contributed by atoms with Crippen LogP contribution < -0.4 is 0 Å². The molecule has 5 heteroatoms. The van der Waals surface area contributed by atoms with Gasteiger partial charge in [-0.1, -0.05) is 76.4 Å². The molecule has 11 aromatic rings. The van der Waals surface area contributed by atoms with Crippen LogP contribution in [0, 0.1) is 36.8 Å². The Labute approximate surface area is 437 Å². The van der Waals surface area contributed by atoms with E-state index in [-0.39, 0.29) is 42.1 Å². The van der Waals surface area contributed by atoms with Crippen LogP contribution in [0.15, 0.2) is 170 Å². The Bertz CT molecular complexity index is 3280. The molecular weight excluding hydrogens is 1200 g/mol. The minimum Gasteiger partial charge on any atom is -0.366 e. The first-order chi connectivity index (χ1) is 33.0. The third kappa shape index (κ3) is 10.6. The van der Waals surface area contributed by atoms with Gasteiger partial charge in [0.1, 0.15) is 0 Å². The Kier molecular flexibility index (Phi) is 17.4. The van der Waals surface area contributed by atoms with E-state index in [2.05, 4.69) is 156 Å². The minimum absolute atomic E-state index is 0. The fraction of sp³-hybridized carbons (Fsp3) is 0.188. The zero-order valence-electron chi connectivity index (χ0n) is 39.5. The average molecular weight is 1260 g/mol. The monoisotopic (exact) mass is 1260 g/mol. The first-order valence-corrected chi connectivity index (χ1v) is 23.9. The summed E-state index contributed by atoms with van der Waals surface area (Å²) in [7, 11) is 0. The van der Waals surface area contributed by atoms with E-state index < -0.39 is 0 Å². The zero-order valence-corrected chi connectivity index (χ0v) is 44.0. The van der Waals surface area contributed by atoms with Crippen LogP contribution in [0.5, 0.6) is 0 Å². The van der Waals surface area contributed by atoms with Crippen LogP contribution in [0.1, 0.15) is 70.4 Å². The van der Waals surface area contributed by atoms with Gasteiger partial charge in [0, 0.05) is 74.3 Å². The van der Waals surface area contributed by atoms with Crippen molar-refractivity contribution in [2.75, 3.05) is 0 Å². The van der Waals surface area contributed by atoms with Gasteiger partial charge in [-0.15, -0.1) is 35.4 Å². The summed E-state index contributed by atoms with van der Waals surface area (Å²) in [5, 5.41) is 7.38. The zero-order chi connectivity index (χ0) is 46.1. The molecule has 0 aliphatic rings. The van der Waals surface area contributed by atoms with Crippen molar-refractivity contribution in [3.05, 3.63) is 206 Å². The molecule has 0 atom stereocenters. The fourth-order valence-corrected chi connectivity index (χ4v) is 9.54. The van der Waals surface area contributed by atoms with E-state index in [4.69, 9.17) is 12.8 Å². The standard InChI is InChI=1S/C52H45N3.2C6H5.2Pt/c1-6-11-26-53-47-20-14-35(9-4)29-41(47)43-31-37(16-22-49(43)53)39-18-24-51-45(33-39)46-34-40(19-25-52(46)55(51)28-13-8-3)38-17-23-50-44(32-38)42-30-36(10-5)15-21-48(42)54(50)27-12-7-2;2*1-2-4-6-5-3-1;;/h14-25,29-34H,6-8,11-13,26-28H2,1-3H3;2*1-5H;;/q-2;2*-1;2*+2. The summed E-state index contributed by atoms with van der Waals surface area (Å²) in [6.45, 7) is 9.69. The summed E-state index contributed by atoms with van der Waals surface area (Å²) < 4.78 is 7.41. The number of hydrogen-bond donors (Lipinski definition) is 0. The molecule has 0 saturated heterocycles. The number of aryl methyl sites for hydroxylation is 3. The van der Waals surface area contributed by atoms with Crippen molar-refractivity contribution in [1.29, 1.82) is 0 Å². The molecule has 0 spiro atoms. The molecule has 0 amide bonds. The fourth-order valence-electron chi connectivity index (χ4n) is 9.54. The van der Waals surface area contributed by atoms with Gasteiger partial charge < -0.3 is 26.5 Å². The quantitative estimate of drug-likeness (QED) is 0.0906. The van der Waals surface area contributed by atoms with Gasteiger partial charge in [-0.2, -0.15) is 72.8 Å². The Morgan fingerprint density at radius 1 is 0.362 bits per heavy atom. The third-order valence-corrected chi connectivity index (χ3v) is 13.0. The maximum absolute atomic E-state index is 7.82. The van der Waals surface area contributed by atoms with Gasteiger partial charge in [0.05, 0.1) is 0 Å². The van der Waals surface area contributed by atoms with Crippen molar-refractivity contribution in [1.82, 2.24) is 13.7 Å². The number of aromatic nitrogens is 3. The normalized spacial score (nSPS) is 10.8. The van der Waals surface area contributed by atoms with E-state index in [9.17, 15) is 0 Å². The SMILES string of the molecule is [C-]#Cc1ccc2c(c1)c1cc(-c3ccc4c(c3)c3cc(-c5ccc6c(c5)c5cc(C#[C-])ccc5n6CCCC)ccc3n4CCCC)ccc1n2CCCC.[Pt+2].[Pt+2].[c-]1ccccc1.[c-]1ccccc1. The van der Waals surface area contributed by atoms with Crippen LogP contribution in [-0.2, 0) is 61.8 Å². The molecule has 0 unspecified atom stereocenters. The summed E-state index contributed by atoms with van der Waals surface area (Å²) in [6, 6.07) is 65.5. The molecule has 0 saturated carbocycles. The molecular formula is C64H55N3Pt2. The molecule has 11 rings (SSSR count). The molecule has 69 heavy (non-hydrogen) atoms. The molecule has 0 N–H and O–H groups in total. The smallest absolute Gasteiger partial charge is 0.366 e. The number of benzene rings is 8. The Morgan fingerprint density at radius 2 is 0.623 bits per heavy atom. The molecule has 0 fully saturated rings. The molecule has 3 nitrogen and oxygen atoms in total. The van der Waals surface area contributed by atoms with E-state index in [1.165, 1.54) is 87.7 Å². The first-order valence-electron chi connectivity index (χ1n) is 23.9. The first kappa shape index (κ1) is 50.5. The largest absolute Gasteiger partial charge is 2.00 e. The molecule has 0 aliphatic carbocycles. The van der Waals surface area contributed by atoms with Gasteiger partial charge >= 0.3 is 42.1 Å². The van der Waals surface area contributed by atoms with Crippen LogP contribution in [0.2, 0.25) is 0 Å². The van der Waals surface area contributed by atoms with Crippen LogP contribution >= 0.6 is 0 Å². The molecule has 3 aromatic heterocycles. The minimum atomic E-state index is 0. The van der Waals surface area contributed by atoms with Gasteiger partial charge in [0.15, 0.2) is 0 Å². The molecule has 8 aromatic carbocycles. The van der Waals surface area contributed by atoms with Crippen molar-refractivity contribution >= 4 is 65.4 Å². The maximum Gasteiger partial charge on any atom is 2.00 e. The number of rotatable bonds is 11. The van der Waals surface area contributed by atoms with Crippen LogP contribution in [0.4, 0.5) is 0 Å². The Hall–Kier alpha value is -6.34. The van der Waals surface area contributed by atoms with Gasteiger partial charge in [0.25, 0.3) is 0 Å². The van der Waals surface area contributed by atoms with Crippen molar-refractivity contribution in [2.24, 2.45) is 0 Å². The van der Waals surface area contributed by atoms with Crippen molar-refractivity contribution in [3.8, 4) is 34.1 Å². The number of fused-ring (bicyclic) bond motifs is 9. The average Bonchev–Trinajstić information content (AvgIpc) is 4.00. The summed E-state index contributed by atoms with van der Waals surface area (Å²) in [5.41, 5.74) is 13.9. The Morgan fingerprint density at radius 3 is 0.841 bits per heavy atom. The summed E-state index contributed by atoms with van der Waals surface area (Å²) in [4.78, 5) is 0. The van der Waals surface area contributed by atoms with E-state index in [0.29, 0.717) is 0 Å². The van der Waals surface area contributed by atoms with Crippen LogP contribution in [0.3, 0.4) is 0 Å². The molecule has 3 heterocycles. The van der Waals surface area contributed by atoms with Gasteiger partial charge in [-0.25, -0.2) is 0 Å². The number of unbranched alkanes of at least 4 members (excludes halogenated alkanes) is 3. The predicted octanol–water partition coefficient (Wildman–Crippen LogP) is 16.6. The van der Waals surface area contributed by atoms with Crippen LogP contribution in [-0.4, -0.2) is 13.7 Å². The van der Waals surface area contributed by atoms with Gasteiger partial charge in [-0.05, 0) is 101 Å². The van der Waals surface area contributed by atoms with E-state index >= 15 is 0 Å². The Balaban J connectivity index is 0.000000440. The molecule has 0 aliphatic heterocycles. The van der Waals surface area contributed by atoms with E-state index in [1.807, 2.05) is 72.8 Å². The van der Waals surface area contributed by atoms with Crippen LogP contribution in [0.25, 0.3) is 87.7 Å². The second kappa shape index (κ2) is 23.8. The number of nitrogens with zero attached hydrogens (tertiary/aromatic N) is 3. The topological polar surface area (TPSA) is 14.8 Å². The molecule has 0 radical (unpaired) electrons. The summed E-state index contributed by atoms with van der Waals surface area (Å²) in [5.74, 6) is 5.22. The second-order valence-electron chi connectivity index (χ2n) is 17.3. The van der Waals surface area contributed by atoms with E-state index in [1.54, 1.807) is 0 Å². The number of hydrogen-bond acceptors (Lipinski definition) is 0. The van der Waals surface area contributed by atoms with Crippen molar-refractivity contribution in [2.45, 2.75) is 78.9 Å². The van der Waals surface area contributed by atoms with E-state index in [0.717, 1.165) is 69.3 Å². The maximum atomic E-state index is 7.82. The van der Waals surface area contributed by atoms with Crippen molar-refractivity contribution < 1.29 is 42.1 Å². The second-order valence-corrected chi connectivity index (χ2v) is 17.3. The van der Waals surface area contributed by atoms with Gasteiger partial charge in [-0.3, -0.25) is 11.8 Å². The summed E-state index contributed by atoms with van der Waals surface area (Å²) in [6.07, 6.45) is 22.4. The van der Waals surface area contributed by atoms with Gasteiger partial charge in [0.2, 0.25) is 0 Å². The molecule has 346 valence electrons. The predicted molar refractivity (Wildman–Crippen MR) is 284 cm³/mol. The third-order valence-electron chi connectivity index (χ3n) is 13.0. The summed E-state index contributed by atoms with van der Waals surface area (Å²) >= 11 is 0. The van der Waals surface area contributed by atoms with Crippen molar-refractivity contribution in [3.63, 3.8) is 0 Å². The molecule has 0 bridgehead atoms.